The Bertz CT molecular complexity index is 473. The maximum atomic E-state index is 12.0. The quantitative estimate of drug-likeness (QED) is 0.663. The van der Waals surface area contributed by atoms with Crippen molar-refractivity contribution in [1.82, 2.24) is 15.5 Å². The van der Waals surface area contributed by atoms with Gasteiger partial charge in [-0.1, -0.05) is 0 Å². The fourth-order valence-electron chi connectivity index (χ4n) is 2.36. The molecule has 21 heavy (non-hydrogen) atoms. The van der Waals surface area contributed by atoms with Gasteiger partial charge in [0.25, 0.3) is 5.91 Å². The van der Waals surface area contributed by atoms with Crippen molar-refractivity contribution in [3.63, 3.8) is 0 Å². The second-order valence-corrected chi connectivity index (χ2v) is 5.08. The lowest BCUT2D eigenvalue weighted by atomic mass is 10.1. The molecule has 1 aromatic rings. The molecule has 0 spiro atoms. The van der Waals surface area contributed by atoms with E-state index in [4.69, 9.17) is 4.74 Å². The third-order valence-corrected chi connectivity index (χ3v) is 3.60. The van der Waals surface area contributed by atoms with Crippen LogP contribution in [-0.2, 0) is 0 Å². The smallest absolute Gasteiger partial charge is 0.255 e. The molecule has 0 bridgehead atoms. The van der Waals surface area contributed by atoms with Crippen LogP contribution in [0.4, 0.5) is 0 Å². The predicted molar refractivity (Wildman–Crippen MR) is 80.9 cm³/mol. The second-order valence-electron chi connectivity index (χ2n) is 5.08. The number of phenols is 1. The van der Waals surface area contributed by atoms with Gasteiger partial charge in [0, 0.05) is 38.8 Å². The Morgan fingerprint density at radius 3 is 2.86 bits per heavy atom. The lowest BCUT2D eigenvalue weighted by Gasteiger charge is -2.27. The average Bonchev–Trinajstić information content (AvgIpc) is 2.52. The van der Waals surface area contributed by atoms with E-state index < -0.39 is 0 Å². The van der Waals surface area contributed by atoms with Crippen molar-refractivity contribution in [2.75, 3.05) is 46.4 Å². The van der Waals surface area contributed by atoms with Gasteiger partial charge in [-0.2, -0.15) is 0 Å². The number of piperazine rings is 1. The SMILES string of the molecule is COc1ccc(C(=O)NCCCN2CCNCC2)c(O)c1. The van der Waals surface area contributed by atoms with Crippen LogP contribution in [0, 0.1) is 0 Å². The van der Waals surface area contributed by atoms with Gasteiger partial charge in [0.05, 0.1) is 12.7 Å². The fourth-order valence-corrected chi connectivity index (χ4v) is 2.36. The van der Waals surface area contributed by atoms with Crippen molar-refractivity contribution in [1.29, 1.82) is 0 Å². The zero-order valence-corrected chi connectivity index (χ0v) is 12.4. The molecule has 116 valence electrons. The van der Waals surface area contributed by atoms with Crippen molar-refractivity contribution >= 4 is 5.91 Å². The lowest BCUT2D eigenvalue weighted by Crippen LogP contribution is -2.44. The first kappa shape index (κ1) is 15.6. The summed E-state index contributed by atoms with van der Waals surface area (Å²) in [5, 5.41) is 15.9. The minimum absolute atomic E-state index is 0.0612. The summed E-state index contributed by atoms with van der Waals surface area (Å²) in [6.07, 6.45) is 0.905. The molecular formula is C15H23N3O3. The number of methoxy groups -OCH3 is 1. The molecule has 0 aliphatic carbocycles. The van der Waals surface area contributed by atoms with Crippen molar-refractivity contribution in [2.45, 2.75) is 6.42 Å². The van der Waals surface area contributed by atoms with Crippen LogP contribution in [-0.4, -0.2) is 62.3 Å². The highest BCUT2D eigenvalue weighted by Crippen LogP contribution is 2.23. The first-order chi connectivity index (χ1) is 10.2. The van der Waals surface area contributed by atoms with Crippen molar-refractivity contribution < 1.29 is 14.6 Å². The Morgan fingerprint density at radius 1 is 1.43 bits per heavy atom. The number of carbonyl (C=O) groups excluding carboxylic acids is 1. The van der Waals surface area contributed by atoms with Gasteiger partial charge in [-0.25, -0.2) is 0 Å². The molecular weight excluding hydrogens is 270 g/mol. The molecule has 1 saturated heterocycles. The molecule has 1 fully saturated rings. The van der Waals surface area contributed by atoms with E-state index in [9.17, 15) is 9.90 Å². The standard InChI is InChI=1S/C15H23N3O3/c1-21-12-3-4-13(14(19)11-12)15(20)17-5-2-8-18-9-6-16-7-10-18/h3-4,11,16,19H,2,5-10H2,1H3,(H,17,20). The summed E-state index contributed by atoms with van der Waals surface area (Å²) in [4.78, 5) is 14.4. The number of ether oxygens (including phenoxy) is 1. The molecule has 1 amide bonds. The number of amides is 1. The summed E-state index contributed by atoms with van der Waals surface area (Å²) in [5.74, 6) is 0.215. The van der Waals surface area contributed by atoms with Crippen molar-refractivity contribution in [3.05, 3.63) is 23.8 Å². The van der Waals surface area contributed by atoms with Crippen LogP contribution in [0.2, 0.25) is 0 Å². The Morgan fingerprint density at radius 2 is 2.19 bits per heavy atom. The van der Waals surface area contributed by atoms with Crippen molar-refractivity contribution in [3.8, 4) is 11.5 Å². The molecule has 1 aliphatic rings. The molecule has 1 heterocycles. The summed E-state index contributed by atoms with van der Waals surface area (Å²) in [5.41, 5.74) is 0.276. The minimum atomic E-state index is -0.254. The summed E-state index contributed by atoms with van der Waals surface area (Å²) in [6.45, 7) is 5.78. The minimum Gasteiger partial charge on any atom is -0.507 e. The van der Waals surface area contributed by atoms with Crippen LogP contribution in [0.1, 0.15) is 16.8 Å². The topological polar surface area (TPSA) is 73.8 Å². The van der Waals surface area contributed by atoms with Crippen LogP contribution >= 0.6 is 0 Å². The molecule has 0 saturated carbocycles. The van der Waals surface area contributed by atoms with E-state index in [1.54, 1.807) is 12.1 Å². The van der Waals surface area contributed by atoms with Crippen LogP contribution in [0.5, 0.6) is 11.5 Å². The number of hydrogen-bond acceptors (Lipinski definition) is 5. The molecule has 6 heteroatoms. The number of aromatic hydroxyl groups is 1. The second kappa shape index (κ2) is 7.85. The Labute approximate surface area is 125 Å². The maximum Gasteiger partial charge on any atom is 0.255 e. The normalized spacial score (nSPS) is 15.7. The molecule has 1 aliphatic heterocycles. The van der Waals surface area contributed by atoms with Gasteiger partial charge in [-0.05, 0) is 25.1 Å². The summed E-state index contributed by atoms with van der Waals surface area (Å²) in [7, 11) is 1.52. The van der Waals surface area contributed by atoms with Crippen LogP contribution in [0.15, 0.2) is 18.2 Å². The Balaban J connectivity index is 1.74. The van der Waals surface area contributed by atoms with E-state index in [-0.39, 0.29) is 17.2 Å². The van der Waals surface area contributed by atoms with Gasteiger partial charge in [0.2, 0.25) is 0 Å². The van der Waals surface area contributed by atoms with Gasteiger partial charge in [-0.15, -0.1) is 0 Å². The summed E-state index contributed by atoms with van der Waals surface area (Å²) >= 11 is 0. The largest absolute Gasteiger partial charge is 0.507 e. The van der Waals surface area contributed by atoms with E-state index in [0.29, 0.717) is 12.3 Å². The number of carbonyl (C=O) groups is 1. The average molecular weight is 293 g/mol. The van der Waals surface area contributed by atoms with Gasteiger partial charge in [-0.3, -0.25) is 4.79 Å². The number of nitrogens with one attached hydrogen (secondary N) is 2. The number of rotatable bonds is 6. The van der Waals surface area contributed by atoms with Gasteiger partial charge in [0.15, 0.2) is 0 Å². The summed E-state index contributed by atoms with van der Waals surface area (Å²) in [6, 6.07) is 4.67. The first-order valence-electron chi connectivity index (χ1n) is 7.29. The number of phenolic OH excluding ortho intramolecular Hbond substituents is 1. The molecule has 2 rings (SSSR count). The summed E-state index contributed by atoms with van der Waals surface area (Å²) < 4.78 is 4.99. The number of hydrogen-bond donors (Lipinski definition) is 3. The van der Waals surface area contributed by atoms with Crippen LogP contribution in [0.25, 0.3) is 0 Å². The Kier molecular flexibility index (Phi) is 5.83. The highest BCUT2D eigenvalue weighted by Gasteiger charge is 2.12. The highest BCUT2D eigenvalue weighted by molar-refractivity contribution is 5.96. The fraction of sp³-hybridized carbons (Fsp3) is 0.533. The van der Waals surface area contributed by atoms with E-state index >= 15 is 0 Å². The highest BCUT2D eigenvalue weighted by atomic mass is 16.5. The third kappa shape index (κ3) is 4.61. The lowest BCUT2D eigenvalue weighted by molar-refractivity contribution is 0.0948. The molecule has 0 aromatic heterocycles. The van der Waals surface area contributed by atoms with Gasteiger partial charge in [0.1, 0.15) is 11.5 Å². The van der Waals surface area contributed by atoms with E-state index in [2.05, 4.69) is 15.5 Å². The van der Waals surface area contributed by atoms with Crippen LogP contribution in [0.3, 0.4) is 0 Å². The molecule has 6 nitrogen and oxygen atoms in total. The van der Waals surface area contributed by atoms with Crippen LogP contribution < -0.4 is 15.4 Å². The number of benzene rings is 1. The monoisotopic (exact) mass is 293 g/mol. The predicted octanol–water partition coefficient (Wildman–Crippen LogP) is 0.426. The maximum absolute atomic E-state index is 12.0. The number of nitrogens with zero attached hydrogens (tertiary/aromatic N) is 1. The molecule has 0 atom stereocenters. The van der Waals surface area contributed by atoms with E-state index in [0.717, 1.165) is 39.1 Å². The van der Waals surface area contributed by atoms with Gasteiger partial charge < -0.3 is 25.4 Å². The molecule has 0 radical (unpaired) electrons. The zero-order chi connectivity index (χ0) is 15.1. The zero-order valence-electron chi connectivity index (χ0n) is 12.4. The Hall–Kier alpha value is -1.79. The molecule has 3 N–H and O–H groups in total. The van der Waals surface area contributed by atoms with E-state index in [1.165, 1.54) is 13.2 Å². The first-order valence-corrected chi connectivity index (χ1v) is 7.29. The van der Waals surface area contributed by atoms with Crippen molar-refractivity contribution in [2.24, 2.45) is 0 Å². The van der Waals surface area contributed by atoms with E-state index in [1.807, 2.05) is 0 Å². The third-order valence-electron chi connectivity index (χ3n) is 3.60. The molecule has 1 aromatic carbocycles. The molecule has 0 unspecified atom stereocenters. The van der Waals surface area contributed by atoms with Gasteiger partial charge >= 0.3 is 0 Å².